The van der Waals surface area contributed by atoms with Gasteiger partial charge in [0.25, 0.3) is 0 Å². The summed E-state index contributed by atoms with van der Waals surface area (Å²) in [7, 11) is 1.66. The third kappa shape index (κ3) is 3.15. The van der Waals surface area contributed by atoms with Crippen LogP contribution < -0.4 is 4.74 Å². The largest absolute Gasteiger partial charge is 0.497 e. The van der Waals surface area contributed by atoms with Gasteiger partial charge in [0.1, 0.15) is 10.9 Å². The number of methoxy groups -OCH3 is 1. The van der Waals surface area contributed by atoms with Gasteiger partial charge in [0.2, 0.25) is 0 Å². The summed E-state index contributed by atoms with van der Waals surface area (Å²) < 4.78 is 10.9. The summed E-state index contributed by atoms with van der Waals surface area (Å²) in [5, 5.41) is 1.66. The molecule has 0 amide bonds. The number of hydrogen-bond donors (Lipinski definition) is 0. The van der Waals surface area contributed by atoms with E-state index in [2.05, 4.69) is 17.1 Å². The van der Waals surface area contributed by atoms with E-state index in [1.165, 1.54) is 0 Å². The maximum absolute atomic E-state index is 6.72. The van der Waals surface area contributed by atoms with E-state index in [1.54, 1.807) is 7.11 Å². The molecule has 1 saturated heterocycles. The Hall–Kier alpha value is -2.17. The van der Waals surface area contributed by atoms with Crippen molar-refractivity contribution < 1.29 is 9.47 Å². The fraction of sp³-hybridized carbons (Fsp3) is 0.333. The molecule has 0 radical (unpaired) electrons. The summed E-state index contributed by atoms with van der Waals surface area (Å²) in [5.41, 5.74) is 5.22. The van der Waals surface area contributed by atoms with Crippen LogP contribution >= 0.6 is 11.6 Å². The van der Waals surface area contributed by atoms with E-state index in [0.29, 0.717) is 11.1 Å². The summed E-state index contributed by atoms with van der Waals surface area (Å²) in [6, 6.07) is 10.1. The normalized spacial score (nSPS) is 15.3. The van der Waals surface area contributed by atoms with E-state index in [-0.39, 0.29) is 0 Å². The lowest BCUT2D eigenvalue weighted by Gasteiger charge is -2.26. The van der Waals surface area contributed by atoms with Crippen molar-refractivity contribution in [1.29, 1.82) is 0 Å². The van der Waals surface area contributed by atoms with E-state index in [0.717, 1.165) is 65.1 Å². The van der Waals surface area contributed by atoms with Crippen molar-refractivity contribution in [2.45, 2.75) is 25.7 Å². The van der Waals surface area contributed by atoms with Gasteiger partial charge in [-0.2, -0.15) is 0 Å². The molecule has 3 heterocycles. The van der Waals surface area contributed by atoms with Gasteiger partial charge in [0.05, 0.1) is 12.6 Å². The number of rotatable bonds is 3. The summed E-state index contributed by atoms with van der Waals surface area (Å²) in [6.45, 7) is 3.53. The van der Waals surface area contributed by atoms with Gasteiger partial charge in [0.15, 0.2) is 0 Å². The topological polar surface area (TPSA) is 44.2 Å². The summed E-state index contributed by atoms with van der Waals surface area (Å²) >= 11 is 6.72. The van der Waals surface area contributed by atoms with E-state index < -0.39 is 0 Å². The molecule has 0 atom stereocenters. The van der Waals surface area contributed by atoms with Crippen molar-refractivity contribution in [3.8, 4) is 16.9 Å². The Morgan fingerprint density at radius 2 is 1.96 bits per heavy atom. The number of ether oxygens (including phenoxy) is 2. The molecule has 0 spiro atoms. The molecule has 2 aromatic heterocycles. The summed E-state index contributed by atoms with van der Waals surface area (Å²) in [5.74, 6) is 1.12. The maximum atomic E-state index is 6.72. The second kappa shape index (κ2) is 7.22. The summed E-state index contributed by atoms with van der Waals surface area (Å²) in [4.78, 5) is 9.05. The van der Waals surface area contributed by atoms with Crippen LogP contribution in [0.5, 0.6) is 5.75 Å². The Morgan fingerprint density at radius 3 is 2.69 bits per heavy atom. The molecular formula is C21H21ClN2O2. The third-order valence-electron chi connectivity index (χ3n) is 5.00. The summed E-state index contributed by atoms with van der Waals surface area (Å²) in [6.07, 6.45) is 3.77. The second-order valence-corrected chi connectivity index (χ2v) is 7.00. The molecular weight excluding hydrogens is 348 g/mol. The van der Waals surface area contributed by atoms with Crippen LogP contribution in [0.25, 0.3) is 22.0 Å². The van der Waals surface area contributed by atoms with Crippen LogP contribution in [0.1, 0.15) is 30.0 Å². The van der Waals surface area contributed by atoms with Gasteiger partial charge in [-0.05, 0) is 61.1 Å². The van der Waals surface area contributed by atoms with Crippen molar-refractivity contribution in [2.24, 2.45) is 0 Å². The lowest BCUT2D eigenvalue weighted by Crippen LogP contribution is -2.16. The zero-order valence-electron chi connectivity index (χ0n) is 15.0. The standard InChI is InChI=1S/C21H21ClN2O2/c1-13-11-15(5-8-23-13)19-17-4-3-16(25-2)12-18(17)24-21(22)20(19)14-6-9-26-10-7-14/h3-5,8,11-12,14H,6-7,9-10H2,1-2H3. The molecule has 1 aromatic carbocycles. The highest BCUT2D eigenvalue weighted by atomic mass is 35.5. The number of nitrogens with zero attached hydrogens (tertiary/aromatic N) is 2. The molecule has 4 nitrogen and oxygen atoms in total. The Bertz CT molecular complexity index is 952. The van der Waals surface area contributed by atoms with E-state index in [9.17, 15) is 0 Å². The number of pyridine rings is 2. The van der Waals surface area contributed by atoms with E-state index in [4.69, 9.17) is 26.1 Å². The van der Waals surface area contributed by atoms with Gasteiger partial charge in [-0.1, -0.05) is 11.6 Å². The molecule has 3 aromatic rings. The van der Waals surface area contributed by atoms with Crippen molar-refractivity contribution in [3.05, 3.63) is 52.9 Å². The first-order valence-electron chi connectivity index (χ1n) is 8.85. The average molecular weight is 369 g/mol. The molecule has 5 heteroatoms. The van der Waals surface area contributed by atoms with Crippen LogP contribution in [-0.2, 0) is 4.74 Å². The molecule has 0 N–H and O–H groups in total. The first kappa shape index (κ1) is 17.3. The van der Waals surface area contributed by atoms with Crippen molar-refractivity contribution in [1.82, 2.24) is 9.97 Å². The number of fused-ring (bicyclic) bond motifs is 1. The molecule has 1 aliphatic rings. The highest BCUT2D eigenvalue weighted by molar-refractivity contribution is 6.31. The lowest BCUT2D eigenvalue weighted by atomic mass is 9.85. The van der Waals surface area contributed by atoms with Crippen LogP contribution in [-0.4, -0.2) is 30.3 Å². The highest BCUT2D eigenvalue weighted by Crippen LogP contribution is 2.43. The highest BCUT2D eigenvalue weighted by Gasteiger charge is 2.25. The van der Waals surface area contributed by atoms with Gasteiger partial charge in [0, 0.05) is 42.1 Å². The van der Waals surface area contributed by atoms with Crippen molar-refractivity contribution in [3.63, 3.8) is 0 Å². The molecule has 26 heavy (non-hydrogen) atoms. The monoisotopic (exact) mass is 368 g/mol. The van der Waals surface area contributed by atoms with Gasteiger partial charge in [-0.15, -0.1) is 0 Å². The number of aryl methyl sites for hydroxylation is 1. The Balaban J connectivity index is 2.02. The molecule has 1 fully saturated rings. The number of benzene rings is 1. The zero-order chi connectivity index (χ0) is 18.1. The first-order valence-corrected chi connectivity index (χ1v) is 9.23. The van der Waals surface area contributed by atoms with Crippen LogP contribution in [0.4, 0.5) is 0 Å². The van der Waals surface area contributed by atoms with E-state index >= 15 is 0 Å². The van der Waals surface area contributed by atoms with Gasteiger partial charge < -0.3 is 9.47 Å². The molecule has 0 saturated carbocycles. The van der Waals surface area contributed by atoms with Crippen LogP contribution in [0, 0.1) is 6.92 Å². The zero-order valence-corrected chi connectivity index (χ0v) is 15.7. The number of halogens is 1. The predicted octanol–water partition coefficient (Wildman–Crippen LogP) is 5.16. The minimum atomic E-state index is 0.346. The minimum Gasteiger partial charge on any atom is -0.497 e. The Morgan fingerprint density at radius 1 is 1.15 bits per heavy atom. The fourth-order valence-electron chi connectivity index (χ4n) is 3.73. The average Bonchev–Trinajstić information content (AvgIpc) is 2.67. The van der Waals surface area contributed by atoms with Crippen LogP contribution in [0.2, 0.25) is 5.15 Å². The Kier molecular flexibility index (Phi) is 4.79. The SMILES string of the molecule is COc1ccc2c(-c3ccnc(C)c3)c(C3CCOCC3)c(Cl)nc2c1. The first-order chi connectivity index (χ1) is 12.7. The van der Waals surface area contributed by atoms with Gasteiger partial charge in [-0.25, -0.2) is 4.98 Å². The maximum Gasteiger partial charge on any atom is 0.133 e. The molecule has 4 rings (SSSR count). The number of aromatic nitrogens is 2. The molecule has 0 unspecified atom stereocenters. The second-order valence-electron chi connectivity index (χ2n) is 6.65. The van der Waals surface area contributed by atoms with Crippen LogP contribution in [0.15, 0.2) is 36.5 Å². The fourth-order valence-corrected chi connectivity index (χ4v) is 4.07. The van der Waals surface area contributed by atoms with E-state index in [1.807, 2.05) is 31.3 Å². The van der Waals surface area contributed by atoms with Gasteiger partial charge in [-0.3, -0.25) is 4.98 Å². The van der Waals surface area contributed by atoms with Crippen molar-refractivity contribution in [2.75, 3.05) is 20.3 Å². The molecule has 0 aliphatic carbocycles. The van der Waals surface area contributed by atoms with Gasteiger partial charge >= 0.3 is 0 Å². The molecule has 134 valence electrons. The molecule has 0 bridgehead atoms. The quantitative estimate of drug-likeness (QED) is 0.599. The number of hydrogen-bond acceptors (Lipinski definition) is 4. The minimum absolute atomic E-state index is 0.346. The van der Waals surface area contributed by atoms with Crippen LogP contribution in [0.3, 0.4) is 0 Å². The third-order valence-corrected chi connectivity index (χ3v) is 5.29. The predicted molar refractivity (Wildman–Crippen MR) is 104 cm³/mol. The Labute approximate surface area is 158 Å². The van der Waals surface area contributed by atoms with Crippen molar-refractivity contribution >= 4 is 22.5 Å². The molecule has 1 aliphatic heterocycles. The lowest BCUT2D eigenvalue weighted by molar-refractivity contribution is 0.0854. The smallest absolute Gasteiger partial charge is 0.133 e.